The number of nitrogens with two attached hydrogens (primary N) is 1. The van der Waals surface area contributed by atoms with Gasteiger partial charge >= 0.3 is 0 Å². The molecule has 5 nitrogen and oxygen atoms in total. The molecular weight excluding hydrogens is 220 g/mol. The molecule has 1 heterocycles. The van der Waals surface area contributed by atoms with Crippen LogP contribution in [-0.4, -0.2) is 56.9 Å². The summed E-state index contributed by atoms with van der Waals surface area (Å²) in [5, 5.41) is 0. The number of hydrogen-bond donors (Lipinski definition) is 1. The first kappa shape index (κ1) is 14.4. The van der Waals surface area contributed by atoms with Crippen LogP contribution in [0, 0.1) is 5.92 Å². The standard InChI is InChI=1S/C12H24N2O3/c1-3-11-10(4-8-17-11)12(15)14(6-5-13)7-9-16-2/h10-11H,3-9,13H2,1-2H3. The zero-order chi connectivity index (χ0) is 12.7. The first-order valence-corrected chi connectivity index (χ1v) is 6.34. The highest BCUT2D eigenvalue weighted by Crippen LogP contribution is 2.25. The number of nitrogens with zero attached hydrogens (tertiary/aromatic N) is 1. The highest BCUT2D eigenvalue weighted by Gasteiger charge is 2.35. The third kappa shape index (κ3) is 3.94. The SMILES string of the molecule is CCC1OCCC1C(=O)N(CCN)CCOC. The Morgan fingerprint density at radius 3 is 2.88 bits per heavy atom. The first-order chi connectivity index (χ1) is 8.24. The number of carbonyl (C=O) groups is 1. The van der Waals surface area contributed by atoms with Crippen LogP contribution < -0.4 is 5.73 Å². The molecule has 1 fully saturated rings. The van der Waals surface area contributed by atoms with Crippen LogP contribution in [0.1, 0.15) is 19.8 Å². The van der Waals surface area contributed by atoms with Crippen LogP contribution in [0.15, 0.2) is 0 Å². The van der Waals surface area contributed by atoms with Gasteiger partial charge in [-0.25, -0.2) is 0 Å². The van der Waals surface area contributed by atoms with Crippen molar-refractivity contribution in [2.24, 2.45) is 11.7 Å². The van der Waals surface area contributed by atoms with Gasteiger partial charge in [0, 0.05) is 33.4 Å². The normalized spacial score (nSPS) is 23.9. The van der Waals surface area contributed by atoms with Crippen LogP contribution in [-0.2, 0) is 14.3 Å². The molecule has 2 atom stereocenters. The second kappa shape index (κ2) is 7.63. The second-order valence-electron chi connectivity index (χ2n) is 4.32. The van der Waals surface area contributed by atoms with Crippen molar-refractivity contribution in [1.29, 1.82) is 0 Å². The van der Waals surface area contributed by atoms with Crippen molar-refractivity contribution in [2.75, 3.05) is 40.0 Å². The average molecular weight is 244 g/mol. The summed E-state index contributed by atoms with van der Waals surface area (Å²) in [7, 11) is 1.64. The van der Waals surface area contributed by atoms with Crippen LogP contribution in [0.4, 0.5) is 0 Å². The minimum absolute atomic E-state index is 0.00315. The lowest BCUT2D eigenvalue weighted by molar-refractivity contribution is -0.137. The van der Waals surface area contributed by atoms with Crippen molar-refractivity contribution < 1.29 is 14.3 Å². The Bertz CT molecular complexity index is 236. The molecule has 17 heavy (non-hydrogen) atoms. The smallest absolute Gasteiger partial charge is 0.228 e. The fraction of sp³-hybridized carbons (Fsp3) is 0.917. The van der Waals surface area contributed by atoms with Gasteiger partial charge < -0.3 is 20.1 Å². The Hall–Kier alpha value is -0.650. The topological polar surface area (TPSA) is 64.8 Å². The largest absolute Gasteiger partial charge is 0.383 e. The van der Waals surface area contributed by atoms with Gasteiger partial charge in [0.05, 0.1) is 18.6 Å². The summed E-state index contributed by atoms with van der Waals surface area (Å²) in [6, 6.07) is 0. The van der Waals surface area contributed by atoms with Gasteiger partial charge in [0.2, 0.25) is 5.91 Å². The number of ether oxygens (including phenoxy) is 2. The van der Waals surface area contributed by atoms with Crippen molar-refractivity contribution in [2.45, 2.75) is 25.9 Å². The van der Waals surface area contributed by atoms with Crippen molar-refractivity contribution in [3.8, 4) is 0 Å². The van der Waals surface area contributed by atoms with E-state index in [1.807, 2.05) is 0 Å². The molecule has 5 heteroatoms. The molecule has 1 amide bonds. The minimum atomic E-state index is 0.00315. The molecule has 0 aromatic heterocycles. The first-order valence-electron chi connectivity index (χ1n) is 6.34. The van der Waals surface area contributed by atoms with E-state index in [4.69, 9.17) is 15.2 Å². The quantitative estimate of drug-likeness (QED) is 0.696. The van der Waals surface area contributed by atoms with Crippen LogP contribution in [0.25, 0.3) is 0 Å². The van der Waals surface area contributed by atoms with Crippen LogP contribution >= 0.6 is 0 Å². The second-order valence-corrected chi connectivity index (χ2v) is 4.32. The van der Waals surface area contributed by atoms with Crippen molar-refractivity contribution in [3.63, 3.8) is 0 Å². The molecule has 0 aromatic carbocycles. The van der Waals surface area contributed by atoms with Gasteiger partial charge in [-0.1, -0.05) is 6.92 Å². The number of hydrogen-bond acceptors (Lipinski definition) is 4. The molecule has 1 saturated heterocycles. The summed E-state index contributed by atoms with van der Waals surface area (Å²) in [4.78, 5) is 14.1. The van der Waals surface area contributed by atoms with E-state index in [2.05, 4.69) is 6.92 Å². The Labute approximate surface area is 103 Å². The molecule has 2 unspecified atom stereocenters. The van der Waals surface area contributed by atoms with Gasteiger partial charge in [-0.2, -0.15) is 0 Å². The molecule has 100 valence electrons. The molecule has 1 rings (SSSR count). The van der Waals surface area contributed by atoms with Crippen molar-refractivity contribution >= 4 is 5.91 Å². The summed E-state index contributed by atoms with van der Waals surface area (Å²) in [6.07, 6.45) is 1.79. The third-order valence-corrected chi connectivity index (χ3v) is 3.21. The lowest BCUT2D eigenvalue weighted by Gasteiger charge is -2.26. The fourth-order valence-electron chi connectivity index (χ4n) is 2.26. The lowest BCUT2D eigenvalue weighted by atomic mass is 9.98. The predicted octanol–water partition coefficient (Wildman–Crippen LogP) is 0.235. The summed E-state index contributed by atoms with van der Waals surface area (Å²) < 4.78 is 10.6. The van der Waals surface area contributed by atoms with E-state index in [1.54, 1.807) is 12.0 Å². The maximum absolute atomic E-state index is 12.3. The Morgan fingerprint density at radius 2 is 2.29 bits per heavy atom. The van der Waals surface area contributed by atoms with E-state index >= 15 is 0 Å². The van der Waals surface area contributed by atoms with E-state index in [9.17, 15) is 4.79 Å². The third-order valence-electron chi connectivity index (χ3n) is 3.21. The molecule has 0 saturated carbocycles. The minimum Gasteiger partial charge on any atom is -0.383 e. The van der Waals surface area contributed by atoms with E-state index < -0.39 is 0 Å². The highest BCUT2D eigenvalue weighted by atomic mass is 16.5. The lowest BCUT2D eigenvalue weighted by Crippen LogP contribution is -2.43. The van der Waals surface area contributed by atoms with Gasteiger partial charge in [0.15, 0.2) is 0 Å². The summed E-state index contributed by atoms with van der Waals surface area (Å²) in [6.45, 7) is 4.98. The number of amides is 1. The number of carbonyl (C=O) groups excluding carboxylic acids is 1. The van der Waals surface area contributed by atoms with E-state index in [0.29, 0.717) is 32.8 Å². The number of methoxy groups -OCH3 is 1. The maximum atomic E-state index is 12.3. The molecule has 2 N–H and O–H groups in total. The van der Waals surface area contributed by atoms with E-state index in [0.717, 1.165) is 12.8 Å². The van der Waals surface area contributed by atoms with Gasteiger partial charge in [-0.15, -0.1) is 0 Å². The molecule has 0 aromatic rings. The average Bonchev–Trinajstić information content (AvgIpc) is 2.81. The highest BCUT2D eigenvalue weighted by molar-refractivity contribution is 5.79. The Kier molecular flexibility index (Phi) is 6.47. The molecule has 1 aliphatic heterocycles. The fourth-order valence-corrected chi connectivity index (χ4v) is 2.26. The molecular formula is C12H24N2O3. The van der Waals surface area contributed by atoms with Crippen molar-refractivity contribution in [1.82, 2.24) is 4.90 Å². The predicted molar refractivity (Wildman–Crippen MR) is 65.6 cm³/mol. The monoisotopic (exact) mass is 244 g/mol. The molecule has 0 aliphatic carbocycles. The molecule has 0 spiro atoms. The Morgan fingerprint density at radius 1 is 1.53 bits per heavy atom. The maximum Gasteiger partial charge on any atom is 0.228 e. The van der Waals surface area contributed by atoms with Gasteiger partial charge in [-0.05, 0) is 12.8 Å². The van der Waals surface area contributed by atoms with E-state index in [1.165, 1.54) is 0 Å². The number of rotatable bonds is 7. The summed E-state index contributed by atoms with van der Waals surface area (Å²) >= 11 is 0. The van der Waals surface area contributed by atoms with Crippen LogP contribution in [0.2, 0.25) is 0 Å². The summed E-state index contributed by atoms with van der Waals surface area (Å²) in [5.41, 5.74) is 5.54. The molecule has 0 bridgehead atoms. The zero-order valence-electron chi connectivity index (χ0n) is 10.9. The van der Waals surface area contributed by atoms with Gasteiger partial charge in [-0.3, -0.25) is 4.79 Å². The summed E-state index contributed by atoms with van der Waals surface area (Å²) in [5.74, 6) is 0.167. The van der Waals surface area contributed by atoms with Crippen LogP contribution in [0.5, 0.6) is 0 Å². The van der Waals surface area contributed by atoms with E-state index in [-0.39, 0.29) is 17.9 Å². The van der Waals surface area contributed by atoms with Crippen LogP contribution in [0.3, 0.4) is 0 Å². The molecule has 0 radical (unpaired) electrons. The van der Waals surface area contributed by atoms with Crippen molar-refractivity contribution in [3.05, 3.63) is 0 Å². The zero-order valence-corrected chi connectivity index (χ0v) is 10.9. The van der Waals surface area contributed by atoms with Gasteiger partial charge in [0.1, 0.15) is 0 Å². The van der Waals surface area contributed by atoms with Gasteiger partial charge in [0.25, 0.3) is 0 Å². The molecule has 1 aliphatic rings. The Balaban J connectivity index is 2.56.